The molecule has 1 aliphatic rings. The van der Waals surface area contributed by atoms with Crippen LogP contribution < -0.4 is 4.90 Å². The van der Waals surface area contributed by atoms with Crippen LogP contribution in [0.2, 0.25) is 0 Å². The van der Waals surface area contributed by atoms with Gasteiger partial charge in [-0.3, -0.25) is 9.69 Å². The van der Waals surface area contributed by atoms with Crippen LogP contribution in [0.3, 0.4) is 0 Å². The van der Waals surface area contributed by atoms with Gasteiger partial charge in [-0.1, -0.05) is 0 Å². The number of aliphatic hydroxyl groups excluding tert-OH is 1. The third kappa shape index (κ3) is 3.42. The van der Waals surface area contributed by atoms with E-state index in [4.69, 9.17) is 10.2 Å². The zero-order chi connectivity index (χ0) is 16.5. The largest absolute Gasteiger partial charge is 0.477 e. The first kappa shape index (κ1) is 16.4. The summed E-state index contributed by atoms with van der Waals surface area (Å²) in [4.78, 5) is 24.3. The Hall–Kier alpha value is -2.01. The number of aliphatic hydroxyl groups is 1. The molecule has 1 fully saturated rings. The number of aromatic nitrogens is 2. The van der Waals surface area contributed by atoms with Gasteiger partial charge in [0.25, 0.3) is 0 Å². The van der Waals surface area contributed by atoms with Gasteiger partial charge < -0.3 is 10.2 Å². The molecule has 0 saturated carbocycles. The van der Waals surface area contributed by atoms with Crippen LogP contribution in [-0.4, -0.2) is 59.2 Å². The maximum atomic E-state index is 12.7. The summed E-state index contributed by atoms with van der Waals surface area (Å²) in [6.45, 7) is -0.476. The summed E-state index contributed by atoms with van der Waals surface area (Å²) in [6, 6.07) is 0. The lowest BCUT2D eigenvalue weighted by atomic mass is 10.1. The lowest BCUT2D eigenvalue weighted by molar-refractivity contribution is -0.117. The fraction of sp³-hybridized carbons (Fsp3) is 0.545. The molecule has 1 aliphatic heterocycles. The quantitative estimate of drug-likeness (QED) is 0.653. The Balaban J connectivity index is 2.33. The molecule has 0 spiro atoms. The van der Waals surface area contributed by atoms with E-state index in [1.54, 1.807) is 0 Å². The maximum Gasteiger partial charge on any atom is 0.341 e. The minimum atomic E-state index is -4.73. The molecular weight excluding hydrogens is 321 g/mol. The zero-order valence-electron chi connectivity index (χ0n) is 11.3. The monoisotopic (exact) mass is 335 g/mol. The van der Waals surface area contributed by atoms with Crippen molar-refractivity contribution in [3.8, 4) is 0 Å². The predicted octanol–water partition coefficient (Wildman–Crippen LogP) is -0.774. The number of hydrogen-bond donors (Lipinski definition) is 2. The van der Waals surface area contributed by atoms with Crippen molar-refractivity contribution >= 4 is 27.9 Å². The van der Waals surface area contributed by atoms with E-state index in [1.807, 2.05) is 0 Å². The van der Waals surface area contributed by atoms with Crippen LogP contribution in [0.1, 0.15) is 16.8 Å². The molecule has 0 aliphatic carbocycles. The summed E-state index contributed by atoms with van der Waals surface area (Å²) in [7, 11) is -4.73. The van der Waals surface area contributed by atoms with Gasteiger partial charge in [0, 0.05) is 18.9 Å². The number of carboxylic acid groups (broad SMARTS) is 1. The smallest absolute Gasteiger partial charge is 0.341 e. The fourth-order valence-electron chi connectivity index (χ4n) is 2.45. The number of carboxylic acids is 1. The number of amides is 1. The highest BCUT2D eigenvalue weighted by atomic mass is 32.3. The molecule has 1 aromatic heterocycles. The van der Waals surface area contributed by atoms with Crippen molar-refractivity contribution < 1.29 is 32.1 Å². The summed E-state index contributed by atoms with van der Waals surface area (Å²) in [5.41, 5.74) is -0.245. The van der Waals surface area contributed by atoms with Crippen molar-refractivity contribution in [2.45, 2.75) is 13.0 Å². The normalized spacial score (nSPS) is 18.9. The molecule has 11 heteroatoms. The Morgan fingerprint density at radius 2 is 2.18 bits per heavy atom. The molecular formula is C11H14FN3O6S. The maximum absolute atomic E-state index is 12.7. The number of halogens is 1. The highest BCUT2D eigenvalue weighted by molar-refractivity contribution is 7.86. The van der Waals surface area contributed by atoms with Gasteiger partial charge in [-0.05, 0) is 0 Å². The number of carbonyl (C=O) groups is 2. The molecule has 22 heavy (non-hydrogen) atoms. The van der Waals surface area contributed by atoms with Crippen LogP contribution in [0, 0.1) is 5.92 Å². The lowest BCUT2D eigenvalue weighted by Crippen LogP contribution is -2.30. The lowest BCUT2D eigenvalue weighted by Gasteiger charge is -2.18. The van der Waals surface area contributed by atoms with E-state index >= 15 is 0 Å². The first-order chi connectivity index (χ1) is 10.2. The van der Waals surface area contributed by atoms with E-state index in [-0.39, 0.29) is 37.5 Å². The van der Waals surface area contributed by atoms with Crippen LogP contribution in [0.4, 0.5) is 9.70 Å². The number of aromatic carboxylic acids is 1. The number of carbonyl (C=O) groups excluding carboxylic acids is 1. The Bertz CT molecular complexity index is 701. The second kappa shape index (κ2) is 6.01. The van der Waals surface area contributed by atoms with Gasteiger partial charge in [0.2, 0.25) is 5.91 Å². The predicted molar refractivity (Wildman–Crippen MR) is 71.6 cm³/mol. The van der Waals surface area contributed by atoms with Crippen molar-refractivity contribution in [2.75, 3.05) is 23.8 Å². The van der Waals surface area contributed by atoms with Gasteiger partial charge in [0.1, 0.15) is 11.4 Å². The minimum absolute atomic E-state index is 0.0293. The summed E-state index contributed by atoms with van der Waals surface area (Å²) in [5.74, 6) is -3.43. The van der Waals surface area contributed by atoms with Crippen molar-refractivity contribution in [1.82, 2.24) is 9.78 Å². The van der Waals surface area contributed by atoms with Crippen LogP contribution in [0.15, 0.2) is 6.20 Å². The average Bonchev–Trinajstić information content (AvgIpc) is 2.91. The van der Waals surface area contributed by atoms with E-state index in [2.05, 4.69) is 5.10 Å². The van der Waals surface area contributed by atoms with E-state index in [0.717, 1.165) is 15.8 Å². The van der Waals surface area contributed by atoms with Crippen LogP contribution in [0.25, 0.3) is 0 Å². The van der Waals surface area contributed by atoms with Crippen molar-refractivity contribution in [3.63, 3.8) is 0 Å². The number of anilines is 1. The second-order valence-electron chi connectivity index (χ2n) is 4.91. The van der Waals surface area contributed by atoms with E-state index < -0.39 is 33.8 Å². The topological polar surface area (TPSA) is 130 Å². The van der Waals surface area contributed by atoms with E-state index in [1.165, 1.54) is 0 Å². The molecule has 2 heterocycles. The number of nitrogens with zero attached hydrogens (tertiary/aromatic N) is 3. The van der Waals surface area contributed by atoms with Gasteiger partial charge >= 0.3 is 16.2 Å². The molecule has 1 unspecified atom stereocenters. The Morgan fingerprint density at radius 1 is 1.50 bits per heavy atom. The molecule has 1 saturated heterocycles. The highest BCUT2D eigenvalue weighted by Crippen LogP contribution is 2.29. The average molecular weight is 335 g/mol. The van der Waals surface area contributed by atoms with Gasteiger partial charge in [-0.25, -0.2) is 9.48 Å². The first-order valence-electron chi connectivity index (χ1n) is 6.35. The molecule has 0 bridgehead atoms. The fourth-order valence-corrected chi connectivity index (χ4v) is 3.24. The third-order valence-electron chi connectivity index (χ3n) is 3.25. The zero-order valence-corrected chi connectivity index (χ0v) is 12.2. The summed E-state index contributed by atoms with van der Waals surface area (Å²) in [5, 5.41) is 21.9. The third-order valence-corrected chi connectivity index (χ3v) is 4.12. The summed E-state index contributed by atoms with van der Waals surface area (Å²) in [6.07, 6.45) is 0.840. The first-order valence-corrected chi connectivity index (χ1v) is 7.91. The van der Waals surface area contributed by atoms with Gasteiger partial charge in [-0.2, -0.15) is 13.5 Å². The highest BCUT2D eigenvalue weighted by Gasteiger charge is 2.37. The summed E-state index contributed by atoms with van der Waals surface area (Å²) < 4.78 is 35.3. The molecule has 2 N–H and O–H groups in total. The molecule has 122 valence electrons. The Labute approximate surface area is 125 Å². The van der Waals surface area contributed by atoms with Crippen molar-refractivity contribution in [1.29, 1.82) is 0 Å². The molecule has 0 radical (unpaired) electrons. The van der Waals surface area contributed by atoms with Crippen LogP contribution in [0.5, 0.6) is 0 Å². The SMILES string of the molecule is O=C(O)c1cnn(CCO)c1N1CC(CS(=O)(=O)F)CC1=O. The molecule has 1 atom stereocenters. The standard InChI is InChI=1S/C11H14FN3O6S/c12-22(20,21)6-7-3-9(17)14(5-7)10-8(11(18)19)4-13-15(10)1-2-16/h4,7,16H,1-3,5-6H2,(H,18,19). The Morgan fingerprint density at radius 3 is 2.73 bits per heavy atom. The molecule has 1 amide bonds. The number of rotatable bonds is 6. The van der Waals surface area contributed by atoms with E-state index in [9.17, 15) is 21.9 Å². The van der Waals surface area contributed by atoms with Gasteiger partial charge in [0.05, 0.1) is 25.1 Å². The van der Waals surface area contributed by atoms with Gasteiger partial charge in [0.15, 0.2) is 0 Å². The minimum Gasteiger partial charge on any atom is -0.477 e. The van der Waals surface area contributed by atoms with Crippen LogP contribution >= 0.6 is 0 Å². The molecule has 1 aromatic rings. The van der Waals surface area contributed by atoms with Crippen molar-refractivity contribution in [3.05, 3.63) is 11.8 Å². The van der Waals surface area contributed by atoms with Gasteiger partial charge in [-0.15, -0.1) is 3.89 Å². The second-order valence-corrected chi connectivity index (χ2v) is 6.32. The van der Waals surface area contributed by atoms with E-state index in [0.29, 0.717) is 0 Å². The molecule has 9 nitrogen and oxygen atoms in total. The Kier molecular flexibility index (Phi) is 4.47. The molecule has 0 aromatic carbocycles. The summed E-state index contributed by atoms with van der Waals surface area (Å²) >= 11 is 0. The molecule has 2 rings (SSSR count). The van der Waals surface area contributed by atoms with Crippen molar-refractivity contribution in [2.24, 2.45) is 5.92 Å². The number of hydrogen-bond acceptors (Lipinski definition) is 6. The van der Waals surface area contributed by atoms with Crippen LogP contribution in [-0.2, 0) is 21.6 Å².